The number of aromatic nitrogens is 2. The molecule has 1 aliphatic rings. The van der Waals surface area contributed by atoms with Crippen LogP contribution in [0.5, 0.6) is 0 Å². The molecule has 33 heavy (non-hydrogen) atoms. The maximum atomic E-state index is 14.3. The summed E-state index contributed by atoms with van der Waals surface area (Å²) in [4.78, 5) is 21.6. The average Bonchev–Trinajstić information content (AvgIpc) is 3.13. The molecule has 0 aliphatic carbocycles. The third kappa shape index (κ3) is 5.20. The molecule has 1 N–H and O–H groups in total. The van der Waals surface area contributed by atoms with Gasteiger partial charge in [-0.05, 0) is 51.1 Å². The zero-order valence-electron chi connectivity index (χ0n) is 19.0. The summed E-state index contributed by atoms with van der Waals surface area (Å²) in [7, 11) is 0. The van der Waals surface area contributed by atoms with Crippen molar-refractivity contribution in [3.05, 3.63) is 76.6 Å². The van der Waals surface area contributed by atoms with Crippen molar-refractivity contribution in [2.75, 3.05) is 44.2 Å². The van der Waals surface area contributed by atoms with Crippen molar-refractivity contribution < 1.29 is 9.18 Å². The summed E-state index contributed by atoms with van der Waals surface area (Å²) >= 11 is 5.91. The fraction of sp³-hybridized carbons (Fsp3) is 0.360. The van der Waals surface area contributed by atoms with Crippen LogP contribution in [0.3, 0.4) is 0 Å². The molecule has 6 nitrogen and oxygen atoms in total. The summed E-state index contributed by atoms with van der Waals surface area (Å²) in [5, 5.41) is 3.16. The number of halogens is 2. The van der Waals surface area contributed by atoms with Gasteiger partial charge in [0, 0.05) is 38.4 Å². The number of imidazole rings is 1. The molecule has 0 radical (unpaired) electrons. The minimum Gasteiger partial charge on any atom is -0.367 e. The average molecular weight is 470 g/mol. The van der Waals surface area contributed by atoms with Gasteiger partial charge in [-0.25, -0.2) is 9.37 Å². The number of anilines is 1. The molecule has 0 unspecified atom stereocenters. The first-order chi connectivity index (χ1) is 16.0. The topological polar surface area (TPSA) is 53.4 Å². The Morgan fingerprint density at radius 3 is 2.52 bits per heavy atom. The van der Waals surface area contributed by atoms with E-state index in [-0.39, 0.29) is 16.7 Å². The van der Waals surface area contributed by atoms with Gasteiger partial charge in [0.15, 0.2) is 5.82 Å². The summed E-state index contributed by atoms with van der Waals surface area (Å²) in [6, 6.07) is 15.0. The van der Waals surface area contributed by atoms with Crippen LogP contribution in [0.1, 0.15) is 28.4 Å². The van der Waals surface area contributed by atoms with Gasteiger partial charge in [0.05, 0.1) is 16.4 Å². The number of amides is 1. The normalized spacial score (nSPS) is 14.5. The number of aryl methyl sites for hydroxylation is 1. The Bertz CT molecular complexity index is 1110. The number of rotatable bonds is 7. The van der Waals surface area contributed by atoms with Gasteiger partial charge >= 0.3 is 0 Å². The molecule has 1 fully saturated rings. The number of hydrogen-bond donors (Lipinski definition) is 1. The lowest BCUT2D eigenvalue weighted by Crippen LogP contribution is -2.47. The molecule has 1 aliphatic heterocycles. The lowest BCUT2D eigenvalue weighted by Gasteiger charge is -2.36. The fourth-order valence-electron chi connectivity index (χ4n) is 4.35. The first-order valence-corrected chi connectivity index (χ1v) is 11.6. The highest BCUT2D eigenvalue weighted by Gasteiger charge is 2.21. The smallest absolute Gasteiger partial charge is 0.271 e. The van der Waals surface area contributed by atoms with E-state index < -0.39 is 0 Å². The lowest BCUT2D eigenvalue weighted by atomic mass is 10.2. The molecule has 1 saturated heterocycles. The Balaban J connectivity index is 1.24. The maximum Gasteiger partial charge on any atom is 0.271 e. The highest BCUT2D eigenvalue weighted by Crippen LogP contribution is 2.26. The highest BCUT2D eigenvalue weighted by atomic mass is 35.5. The number of benzene rings is 2. The van der Waals surface area contributed by atoms with Crippen molar-refractivity contribution in [3.63, 3.8) is 0 Å². The Morgan fingerprint density at radius 1 is 1.06 bits per heavy atom. The summed E-state index contributed by atoms with van der Waals surface area (Å²) in [5.74, 6) is 0.292. The highest BCUT2D eigenvalue weighted by molar-refractivity contribution is 6.31. The van der Waals surface area contributed by atoms with Crippen molar-refractivity contribution in [2.24, 2.45) is 0 Å². The fourth-order valence-corrected chi connectivity index (χ4v) is 4.52. The van der Waals surface area contributed by atoms with Gasteiger partial charge < -0.3 is 14.8 Å². The predicted molar refractivity (Wildman–Crippen MR) is 130 cm³/mol. The Kier molecular flexibility index (Phi) is 7.30. The first-order valence-electron chi connectivity index (χ1n) is 11.3. The van der Waals surface area contributed by atoms with E-state index in [1.165, 1.54) is 0 Å². The molecule has 0 spiro atoms. The molecule has 1 aromatic heterocycles. The maximum absolute atomic E-state index is 14.3. The van der Waals surface area contributed by atoms with Crippen LogP contribution in [0.2, 0.25) is 5.02 Å². The second-order valence-electron chi connectivity index (χ2n) is 8.28. The zero-order valence-corrected chi connectivity index (χ0v) is 19.8. The van der Waals surface area contributed by atoms with E-state index in [0.717, 1.165) is 56.4 Å². The molecule has 0 saturated carbocycles. The zero-order chi connectivity index (χ0) is 23.4. The van der Waals surface area contributed by atoms with E-state index in [0.29, 0.717) is 17.9 Å². The van der Waals surface area contributed by atoms with Crippen LogP contribution in [0, 0.1) is 19.7 Å². The van der Waals surface area contributed by atoms with Gasteiger partial charge in [-0.2, -0.15) is 0 Å². The molecular weight excluding hydrogens is 441 g/mol. The van der Waals surface area contributed by atoms with Crippen LogP contribution >= 0.6 is 11.6 Å². The lowest BCUT2D eigenvalue weighted by molar-refractivity contribution is 0.0946. The monoisotopic (exact) mass is 469 g/mol. The summed E-state index contributed by atoms with van der Waals surface area (Å²) in [6.45, 7) is 8.48. The quantitative estimate of drug-likeness (QED) is 0.526. The Morgan fingerprint density at radius 2 is 1.79 bits per heavy atom. The number of piperazine rings is 1. The summed E-state index contributed by atoms with van der Waals surface area (Å²) in [5.41, 5.74) is 2.86. The van der Waals surface area contributed by atoms with Crippen LogP contribution in [0.25, 0.3) is 5.69 Å². The first kappa shape index (κ1) is 23.3. The third-order valence-corrected chi connectivity index (χ3v) is 6.38. The molecule has 0 atom stereocenters. The molecule has 3 aromatic rings. The van der Waals surface area contributed by atoms with Gasteiger partial charge in [-0.15, -0.1) is 0 Å². The van der Waals surface area contributed by atoms with Crippen LogP contribution in [0.4, 0.5) is 10.1 Å². The molecule has 0 bridgehead atoms. The van der Waals surface area contributed by atoms with Gasteiger partial charge in [-0.1, -0.05) is 35.9 Å². The Labute approximate surface area is 199 Å². The van der Waals surface area contributed by atoms with Crippen molar-refractivity contribution >= 4 is 23.2 Å². The summed E-state index contributed by atoms with van der Waals surface area (Å²) in [6.07, 6.45) is 0.842. The van der Waals surface area contributed by atoms with E-state index in [2.05, 4.69) is 15.2 Å². The SMILES string of the molecule is Cc1nc(C(=O)NCCCN2CCN(c3cccc(Cl)c3F)CC2)c(C)n1-c1ccccc1. The third-order valence-electron chi connectivity index (χ3n) is 6.09. The van der Waals surface area contributed by atoms with E-state index >= 15 is 0 Å². The minimum atomic E-state index is -0.351. The molecular formula is C25H29ClFN5O. The number of nitrogens with zero attached hydrogens (tertiary/aromatic N) is 4. The van der Waals surface area contributed by atoms with Crippen LogP contribution in [0.15, 0.2) is 48.5 Å². The van der Waals surface area contributed by atoms with Crippen molar-refractivity contribution in [3.8, 4) is 5.69 Å². The number of carbonyl (C=O) groups is 1. The number of hydrogen-bond acceptors (Lipinski definition) is 4. The standard InChI is InChI=1S/C25H29ClFN5O/c1-18-24(29-19(2)32(18)20-8-4-3-5-9-20)25(33)28-12-7-13-30-14-16-31(17-15-30)22-11-6-10-21(26)23(22)27/h3-6,8-11H,7,12-17H2,1-2H3,(H,28,33). The van der Waals surface area contributed by atoms with Gasteiger partial charge in [0.2, 0.25) is 0 Å². The largest absolute Gasteiger partial charge is 0.367 e. The molecule has 8 heteroatoms. The van der Waals surface area contributed by atoms with Gasteiger partial charge in [0.25, 0.3) is 5.91 Å². The number of carbonyl (C=O) groups excluding carboxylic acids is 1. The molecule has 2 heterocycles. The number of nitrogens with one attached hydrogen (secondary N) is 1. The van der Waals surface area contributed by atoms with Crippen LogP contribution < -0.4 is 10.2 Å². The van der Waals surface area contributed by atoms with E-state index in [1.54, 1.807) is 18.2 Å². The second-order valence-corrected chi connectivity index (χ2v) is 8.68. The second kappa shape index (κ2) is 10.4. The Hall–Kier alpha value is -2.90. The van der Waals surface area contributed by atoms with Crippen LogP contribution in [-0.2, 0) is 0 Å². The van der Waals surface area contributed by atoms with Crippen molar-refractivity contribution in [2.45, 2.75) is 20.3 Å². The van der Waals surface area contributed by atoms with Gasteiger partial charge in [0.1, 0.15) is 11.5 Å². The van der Waals surface area contributed by atoms with E-state index in [4.69, 9.17) is 11.6 Å². The predicted octanol–water partition coefficient (Wildman–Crippen LogP) is 4.22. The van der Waals surface area contributed by atoms with E-state index in [9.17, 15) is 9.18 Å². The van der Waals surface area contributed by atoms with Crippen molar-refractivity contribution in [1.29, 1.82) is 0 Å². The minimum absolute atomic E-state index is 0.147. The summed E-state index contributed by atoms with van der Waals surface area (Å²) < 4.78 is 16.3. The number of para-hydroxylation sites is 1. The van der Waals surface area contributed by atoms with Gasteiger partial charge in [-0.3, -0.25) is 9.69 Å². The molecule has 4 rings (SSSR count). The molecule has 2 aromatic carbocycles. The van der Waals surface area contributed by atoms with Crippen molar-refractivity contribution in [1.82, 2.24) is 19.8 Å². The molecule has 174 valence electrons. The van der Waals surface area contributed by atoms with E-state index in [1.807, 2.05) is 53.6 Å². The molecule has 1 amide bonds. The van der Waals surface area contributed by atoms with Crippen LogP contribution in [-0.4, -0.2) is 59.6 Å².